The van der Waals surface area contributed by atoms with Gasteiger partial charge in [0.05, 0.1) is 13.6 Å². The minimum atomic E-state index is -1.68. The first-order valence-corrected chi connectivity index (χ1v) is 17.6. The van der Waals surface area contributed by atoms with E-state index in [1.807, 2.05) is 13.0 Å². The van der Waals surface area contributed by atoms with Gasteiger partial charge in [-0.25, -0.2) is 4.39 Å². The summed E-state index contributed by atoms with van der Waals surface area (Å²) in [7, 11) is 0.522. The first kappa shape index (κ1) is 25.3. The van der Waals surface area contributed by atoms with E-state index in [1.165, 1.54) is 70.6 Å². The van der Waals surface area contributed by atoms with E-state index < -0.39 is 8.07 Å². The Balaban J connectivity index is 1.68. The highest BCUT2D eigenvalue weighted by Crippen LogP contribution is 2.40. The van der Waals surface area contributed by atoms with Crippen LogP contribution in [0.15, 0.2) is 46.9 Å². The Labute approximate surface area is 226 Å². The summed E-state index contributed by atoms with van der Waals surface area (Å²) in [5, 5.41) is 4.89. The fraction of sp³-hybridized carbons (Fsp3) is 0.382. The van der Waals surface area contributed by atoms with E-state index in [0.29, 0.717) is 11.1 Å². The number of furan rings is 1. The fourth-order valence-electron chi connectivity index (χ4n) is 6.68. The van der Waals surface area contributed by atoms with Crippen LogP contribution in [0.5, 0.6) is 0 Å². The number of rotatable bonds is 4. The van der Waals surface area contributed by atoms with Crippen LogP contribution >= 0.6 is 0 Å². The molecule has 1 saturated carbocycles. The molecule has 1 aliphatic carbocycles. The number of pyridine rings is 1. The van der Waals surface area contributed by atoms with Crippen molar-refractivity contribution in [2.45, 2.75) is 72.5 Å². The number of nitrogens with zero attached hydrogens (tertiary/aromatic N) is 1. The molecular weight excluding hydrogens is 485 g/mol. The second-order valence-corrected chi connectivity index (χ2v) is 17.7. The van der Waals surface area contributed by atoms with E-state index in [4.69, 9.17) is 4.42 Å². The van der Waals surface area contributed by atoms with Crippen LogP contribution < -0.4 is 9.75 Å². The Morgan fingerprint density at radius 2 is 1.58 bits per heavy atom. The summed E-state index contributed by atoms with van der Waals surface area (Å²) in [6.45, 7) is 13.5. The number of hydrogen-bond acceptors (Lipinski definition) is 1. The normalized spacial score (nSPS) is 14.9. The maximum absolute atomic E-state index is 14.5. The van der Waals surface area contributed by atoms with E-state index in [0.717, 1.165) is 27.8 Å². The van der Waals surface area contributed by atoms with Gasteiger partial charge in [-0.05, 0) is 79.3 Å². The molecule has 0 saturated heterocycles. The molecule has 0 unspecified atom stereocenters. The van der Waals surface area contributed by atoms with Crippen molar-refractivity contribution in [3.05, 3.63) is 70.5 Å². The van der Waals surface area contributed by atoms with E-state index in [1.54, 1.807) is 6.07 Å². The van der Waals surface area contributed by atoms with Gasteiger partial charge in [0.25, 0.3) is 0 Å². The van der Waals surface area contributed by atoms with Crippen molar-refractivity contribution < 1.29 is 13.4 Å². The summed E-state index contributed by atoms with van der Waals surface area (Å²) < 4.78 is 23.4. The number of halogens is 1. The molecule has 0 bridgehead atoms. The molecule has 2 aromatic heterocycles. The largest absolute Gasteiger partial charge is 0.455 e. The van der Waals surface area contributed by atoms with Crippen LogP contribution in [0, 0.1) is 32.5 Å². The number of hydrogen-bond donors (Lipinski definition) is 0. The second kappa shape index (κ2) is 9.05. The van der Waals surface area contributed by atoms with E-state index in [9.17, 15) is 4.39 Å². The van der Waals surface area contributed by atoms with Crippen molar-refractivity contribution >= 4 is 46.1 Å². The summed E-state index contributed by atoms with van der Waals surface area (Å²) in [6.07, 6.45) is 6.64. The molecule has 38 heavy (non-hydrogen) atoms. The SMILES string of the molecule is Cc1cc2c(oc3c(C)c(F)ccc32)c(-c2cc([Si](C)(C)C)c3ccc(CC4CCCC4)cc3[n+]2C)c1C. The monoisotopic (exact) mass is 524 g/mol. The van der Waals surface area contributed by atoms with Crippen molar-refractivity contribution in [3.63, 3.8) is 0 Å². The Morgan fingerprint density at radius 1 is 0.868 bits per heavy atom. The molecule has 4 heteroatoms. The zero-order chi connectivity index (χ0) is 26.9. The zero-order valence-corrected chi connectivity index (χ0v) is 24.9. The predicted molar refractivity (Wildman–Crippen MR) is 161 cm³/mol. The van der Waals surface area contributed by atoms with Crippen LogP contribution in [-0.4, -0.2) is 8.07 Å². The lowest BCUT2D eigenvalue weighted by molar-refractivity contribution is -0.633. The minimum absolute atomic E-state index is 0.223. The van der Waals surface area contributed by atoms with Crippen LogP contribution in [-0.2, 0) is 13.5 Å². The summed E-state index contributed by atoms with van der Waals surface area (Å²) in [4.78, 5) is 0. The first-order chi connectivity index (χ1) is 18.0. The molecule has 0 radical (unpaired) electrons. The highest BCUT2D eigenvalue weighted by Gasteiger charge is 2.30. The van der Waals surface area contributed by atoms with Crippen LogP contribution in [0.25, 0.3) is 44.1 Å². The molecule has 0 amide bonds. The Hall–Kier alpha value is -2.98. The molecule has 1 fully saturated rings. The Kier molecular flexibility index (Phi) is 6.03. The Bertz CT molecular complexity index is 1730. The van der Waals surface area contributed by atoms with Crippen LogP contribution in [0.4, 0.5) is 4.39 Å². The quantitative estimate of drug-likeness (QED) is 0.170. The molecule has 5 aromatic rings. The van der Waals surface area contributed by atoms with Crippen LogP contribution in [0.2, 0.25) is 19.6 Å². The summed E-state index contributed by atoms with van der Waals surface area (Å²) in [5.74, 6) is 0.592. The topological polar surface area (TPSA) is 17.0 Å². The second-order valence-electron chi connectivity index (χ2n) is 12.7. The molecule has 1 aliphatic rings. The molecule has 196 valence electrons. The molecule has 6 rings (SSSR count). The molecule has 3 aromatic carbocycles. The highest BCUT2D eigenvalue weighted by molar-refractivity contribution is 6.90. The van der Waals surface area contributed by atoms with E-state index >= 15 is 0 Å². The summed E-state index contributed by atoms with van der Waals surface area (Å²) >= 11 is 0. The molecule has 0 atom stereocenters. The average Bonchev–Trinajstić information content (AvgIpc) is 3.51. The van der Waals surface area contributed by atoms with Gasteiger partial charge in [-0.1, -0.05) is 51.4 Å². The van der Waals surface area contributed by atoms with Gasteiger partial charge < -0.3 is 4.42 Å². The van der Waals surface area contributed by atoms with Gasteiger partial charge in [0.2, 0.25) is 11.2 Å². The number of aryl methyl sites for hydroxylation is 3. The van der Waals surface area contributed by atoms with Gasteiger partial charge in [-0.3, -0.25) is 0 Å². The zero-order valence-electron chi connectivity index (χ0n) is 23.9. The van der Waals surface area contributed by atoms with Gasteiger partial charge in [0.15, 0.2) is 0 Å². The third-order valence-electron chi connectivity index (χ3n) is 9.05. The summed E-state index contributed by atoms with van der Waals surface area (Å²) in [5.41, 5.74) is 9.56. The smallest absolute Gasteiger partial charge is 0.216 e. The first-order valence-electron chi connectivity index (χ1n) is 14.1. The summed E-state index contributed by atoms with van der Waals surface area (Å²) in [6, 6.07) is 15.3. The molecular formula is C34H39FNOSi+. The molecule has 2 heterocycles. The lowest BCUT2D eigenvalue weighted by atomic mass is 9.94. The molecule has 0 aliphatic heterocycles. The lowest BCUT2D eigenvalue weighted by Crippen LogP contribution is -2.43. The van der Waals surface area contributed by atoms with Gasteiger partial charge >= 0.3 is 0 Å². The van der Waals surface area contributed by atoms with Crippen molar-refractivity contribution in [1.29, 1.82) is 0 Å². The van der Waals surface area contributed by atoms with Crippen LogP contribution in [0.3, 0.4) is 0 Å². The molecule has 2 nitrogen and oxygen atoms in total. The standard InChI is InChI=1S/C34H39FNOSi/c1-20-16-27-25-14-15-28(35)22(3)33(25)37-34(27)32(21(20)2)30-19-31(38(5,6)7)26-13-12-24(18-29(26)36(30)4)17-23-10-8-9-11-23/h12-16,18-19,23H,8-11,17H2,1-7H3/q+1. The van der Waals surface area contributed by atoms with Gasteiger partial charge in [-0.15, -0.1) is 0 Å². The van der Waals surface area contributed by atoms with E-state index in [2.05, 4.69) is 75.4 Å². The van der Waals surface area contributed by atoms with Crippen molar-refractivity contribution in [2.75, 3.05) is 0 Å². The third kappa shape index (κ3) is 4.00. The third-order valence-corrected chi connectivity index (χ3v) is 11.1. The van der Waals surface area contributed by atoms with Gasteiger partial charge in [-0.2, -0.15) is 4.57 Å². The maximum atomic E-state index is 14.5. The molecule has 0 N–H and O–H groups in total. The number of aromatic nitrogens is 1. The molecule has 0 spiro atoms. The van der Waals surface area contributed by atoms with Gasteiger partial charge in [0.1, 0.15) is 24.0 Å². The lowest BCUT2D eigenvalue weighted by Gasteiger charge is -2.21. The van der Waals surface area contributed by atoms with Gasteiger partial charge in [0, 0.05) is 33.9 Å². The van der Waals surface area contributed by atoms with Crippen molar-refractivity contribution in [2.24, 2.45) is 13.0 Å². The number of benzene rings is 3. The van der Waals surface area contributed by atoms with Crippen LogP contribution in [0.1, 0.15) is 47.9 Å². The minimum Gasteiger partial charge on any atom is -0.455 e. The fourth-order valence-corrected chi connectivity index (χ4v) is 8.27. The average molecular weight is 525 g/mol. The van der Waals surface area contributed by atoms with E-state index in [-0.39, 0.29) is 5.82 Å². The maximum Gasteiger partial charge on any atom is 0.216 e. The van der Waals surface area contributed by atoms with Crippen molar-refractivity contribution in [1.82, 2.24) is 0 Å². The highest BCUT2D eigenvalue weighted by atomic mass is 28.3. The van der Waals surface area contributed by atoms with Crippen molar-refractivity contribution in [3.8, 4) is 11.3 Å². The number of fused-ring (bicyclic) bond motifs is 4. The predicted octanol–water partition coefficient (Wildman–Crippen LogP) is 8.57. The Morgan fingerprint density at radius 3 is 2.29 bits per heavy atom.